The van der Waals surface area contributed by atoms with Gasteiger partial charge in [0.1, 0.15) is 0 Å². The van der Waals surface area contributed by atoms with E-state index in [0.717, 1.165) is 17.6 Å². The maximum absolute atomic E-state index is 12.9. The van der Waals surface area contributed by atoms with E-state index >= 15 is 0 Å². The highest BCUT2D eigenvalue weighted by atomic mass is 19.4. The second-order valence-corrected chi connectivity index (χ2v) is 9.16. The molecule has 0 unspecified atom stereocenters. The van der Waals surface area contributed by atoms with Crippen LogP contribution in [0.2, 0.25) is 0 Å². The number of rotatable bonds is 6. The Bertz CT molecular complexity index is 978. The van der Waals surface area contributed by atoms with E-state index in [4.69, 9.17) is 4.74 Å². The fourth-order valence-electron chi connectivity index (χ4n) is 4.12. The van der Waals surface area contributed by atoms with E-state index in [0.29, 0.717) is 29.9 Å². The summed E-state index contributed by atoms with van der Waals surface area (Å²) in [6.45, 7) is 13.7. The van der Waals surface area contributed by atoms with E-state index in [9.17, 15) is 18.0 Å². The first-order valence-corrected chi connectivity index (χ1v) is 10.7. The van der Waals surface area contributed by atoms with Gasteiger partial charge in [-0.3, -0.25) is 9.69 Å². The zero-order chi connectivity index (χ0) is 23.8. The molecular formula is C21H31F3N6O2. The molecule has 0 spiro atoms. The van der Waals surface area contributed by atoms with Gasteiger partial charge in [0, 0.05) is 43.0 Å². The second kappa shape index (κ2) is 8.93. The predicted molar refractivity (Wildman–Crippen MR) is 112 cm³/mol. The molecule has 0 aromatic carbocycles. The normalized spacial score (nSPS) is 20.7. The van der Waals surface area contributed by atoms with Crippen LogP contribution in [0.4, 0.5) is 13.2 Å². The molecule has 2 aromatic rings. The van der Waals surface area contributed by atoms with Crippen LogP contribution in [0, 0.1) is 13.8 Å². The Morgan fingerprint density at radius 2 is 1.78 bits per heavy atom. The number of morpholine rings is 1. The van der Waals surface area contributed by atoms with E-state index in [2.05, 4.69) is 39.1 Å². The number of fused-ring (bicyclic) bond motifs is 1. The zero-order valence-corrected chi connectivity index (χ0v) is 19.4. The van der Waals surface area contributed by atoms with Gasteiger partial charge in [-0.05, 0) is 53.5 Å². The monoisotopic (exact) mass is 456 g/mol. The molecule has 1 aliphatic rings. The van der Waals surface area contributed by atoms with E-state index in [1.54, 1.807) is 13.8 Å². The Hall–Kier alpha value is -2.27. The molecule has 11 heteroatoms. The maximum Gasteiger partial charge on any atom is 0.453 e. The Kier molecular flexibility index (Phi) is 6.80. The third-order valence-electron chi connectivity index (χ3n) is 5.90. The molecule has 0 saturated carbocycles. The van der Waals surface area contributed by atoms with Crippen molar-refractivity contribution in [2.75, 3.05) is 19.6 Å². The Labute approximate surface area is 185 Å². The van der Waals surface area contributed by atoms with Crippen molar-refractivity contribution < 1.29 is 22.7 Å². The number of hydrogen-bond donors (Lipinski definition) is 1. The Balaban J connectivity index is 1.63. The van der Waals surface area contributed by atoms with Crippen LogP contribution in [-0.4, -0.2) is 67.8 Å². The van der Waals surface area contributed by atoms with Crippen LogP contribution in [-0.2, 0) is 22.1 Å². The molecule has 2 atom stereocenters. The average Bonchev–Trinajstić information content (AvgIpc) is 3.10. The van der Waals surface area contributed by atoms with Crippen molar-refractivity contribution in [1.82, 2.24) is 29.8 Å². The molecule has 1 fully saturated rings. The van der Waals surface area contributed by atoms with E-state index in [1.807, 2.05) is 13.8 Å². The van der Waals surface area contributed by atoms with Crippen LogP contribution < -0.4 is 5.32 Å². The molecule has 8 nitrogen and oxygen atoms in total. The summed E-state index contributed by atoms with van der Waals surface area (Å²) in [5, 5.41) is 6.54. The van der Waals surface area contributed by atoms with Crippen molar-refractivity contribution in [1.29, 1.82) is 0 Å². The molecule has 0 radical (unpaired) electrons. The average molecular weight is 457 g/mol. The number of nitrogens with zero attached hydrogens (tertiary/aromatic N) is 5. The number of amides is 1. The number of hydrogen-bond acceptors (Lipinski definition) is 6. The maximum atomic E-state index is 12.9. The molecule has 1 N–H and O–H groups in total. The lowest BCUT2D eigenvalue weighted by Crippen LogP contribution is -2.58. The topological polar surface area (TPSA) is 84.6 Å². The number of carbonyl (C=O) groups excluding carboxylic acids is 1. The number of carbonyl (C=O) groups is 1. The van der Waals surface area contributed by atoms with Gasteiger partial charge in [-0.25, -0.2) is 9.50 Å². The van der Waals surface area contributed by atoms with E-state index in [1.165, 1.54) is 0 Å². The van der Waals surface area contributed by atoms with Crippen LogP contribution in [0.1, 0.15) is 56.9 Å². The standard InChI is InChI=1S/C21H31F3N6O2/c1-12-9-29(10-13(2)32-12)20(5,6)11-25-17(31)8-7-16-14(3)26-19-27-18(21(22,23)24)28-30(19)15(16)4/h12-13H,7-11H2,1-6H3,(H,25,31)/t12-,13+. The molecule has 3 heterocycles. The molecular weight excluding hydrogens is 425 g/mol. The van der Waals surface area contributed by atoms with Crippen molar-refractivity contribution >= 4 is 11.7 Å². The van der Waals surface area contributed by atoms with Crippen LogP contribution in [0.25, 0.3) is 5.78 Å². The molecule has 3 rings (SSSR count). The molecule has 1 amide bonds. The fourth-order valence-corrected chi connectivity index (χ4v) is 4.12. The molecule has 178 valence electrons. The van der Waals surface area contributed by atoms with E-state index in [-0.39, 0.29) is 35.9 Å². The third kappa shape index (κ3) is 5.37. The summed E-state index contributed by atoms with van der Waals surface area (Å²) in [7, 11) is 0. The molecule has 0 bridgehead atoms. The first kappa shape index (κ1) is 24.4. The Morgan fingerprint density at radius 3 is 2.38 bits per heavy atom. The third-order valence-corrected chi connectivity index (χ3v) is 5.90. The lowest BCUT2D eigenvalue weighted by molar-refractivity contribution is -0.144. The van der Waals surface area contributed by atoms with Crippen LogP contribution in [0.3, 0.4) is 0 Å². The zero-order valence-electron chi connectivity index (χ0n) is 19.4. The smallest absolute Gasteiger partial charge is 0.373 e. The van der Waals surface area contributed by atoms with Crippen molar-refractivity contribution in [3.63, 3.8) is 0 Å². The summed E-state index contributed by atoms with van der Waals surface area (Å²) >= 11 is 0. The summed E-state index contributed by atoms with van der Waals surface area (Å²) in [6.07, 6.45) is -3.83. The van der Waals surface area contributed by atoms with Gasteiger partial charge in [-0.15, -0.1) is 5.10 Å². The lowest BCUT2D eigenvalue weighted by Gasteiger charge is -2.45. The largest absolute Gasteiger partial charge is 0.453 e. The summed E-state index contributed by atoms with van der Waals surface area (Å²) in [6, 6.07) is 0. The minimum Gasteiger partial charge on any atom is -0.373 e. The molecule has 0 aliphatic carbocycles. The highest BCUT2D eigenvalue weighted by Gasteiger charge is 2.37. The number of nitrogens with one attached hydrogen (secondary N) is 1. The summed E-state index contributed by atoms with van der Waals surface area (Å²) < 4.78 is 45.7. The number of ether oxygens (including phenoxy) is 1. The first-order valence-electron chi connectivity index (χ1n) is 10.7. The van der Waals surface area contributed by atoms with E-state index < -0.39 is 12.0 Å². The van der Waals surface area contributed by atoms with Gasteiger partial charge >= 0.3 is 6.18 Å². The minimum atomic E-state index is -4.64. The number of aromatic nitrogens is 4. The first-order chi connectivity index (χ1) is 14.8. The minimum absolute atomic E-state index is 0.101. The predicted octanol–water partition coefficient (Wildman–Crippen LogP) is 2.70. The molecule has 2 aromatic heterocycles. The summed E-state index contributed by atoms with van der Waals surface area (Å²) in [5.74, 6) is -1.45. The van der Waals surface area contributed by atoms with Crippen LogP contribution >= 0.6 is 0 Å². The van der Waals surface area contributed by atoms with Crippen LogP contribution in [0.5, 0.6) is 0 Å². The van der Waals surface area contributed by atoms with Gasteiger partial charge in [-0.2, -0.15) is 18.2 Å². The number of aryl methyl sites for hydroxylation is 2. The summed E-state index contributed by atoms with van der Waals surface area (Å²) in [5.41, 5.74) is 1.50. The van der Waals surface area contributed by atoms with Gasteiger partial charge in [0.2, 0.25) is 5.91 Å². The van der Waals surface area contributed by atoms with Gasteiger partial charge in [0.15, 0.2) is 0 Å². The van der Waals surface area contributed by atoms with Gasteiger partial charge < -0.3 is 10.1 Å². The Morgan fingerprint density at radius 1 is 1.16 bits per heavy atom. The quantitative estimate of drug-likeness (QED) is 0.720. The van der Waals surface area contributed by atoms with Crippen molar-refractivity contribution in [3.05, 3.63) is 22.8 Å². The highest BCUT2D eigenvalue weighted by Crippen LogP contribution is 2.27. The molecule has 32 heavy (non-hydrogen) atoms. The highest BCUT2D eigenvalue weighted by molar-refractivity contribution is 5.76. The summed E-state index contributed by atoms with van der Waals surface area (Å²) in [4.78, 5) is 22.5. The van der Waals surface area contributed by atoms with Crippen molar-refractivity contribution in [3.8, 4) is 0 Å². The SMILES string of the molecule is Cc1nc2nc(C(F)(F)F)nn2c(C)c1CCC(=O)NCC(C)(C)N1C[C@@H](C)O[C@@H](C)C1. The number of halogens is 3. The van der Waals surface area contributed by atoms with Crippen molar-refractivity contribution in [2.24, 2.45) is 0 Å². The fraction of sp³-hybridized carbons (Fsp3) is 0.714. The number of alkyl halides is 3. The van der Waals surface area contributed by atoms with Gasteiger partial charge in [0.05, 0.1) is 12.2 Å². The molecule has 1 saturated heterocycles. The van der Waals surface area contributed by atoms with Gasteiger partial charge in [-0.1, -0.05) is 0 Å². The lowest BCUT2D eigenvalue weighted by atomic mass is 9.99. The van der Waals surface area contributed by atoms with Crippen LogP contribution in [0.15, 0.2) is 0 Å². The second-order valence-electron chi connectivity index (χ2n) is 9.16. The molecule has 1 aliphatic heterocycles. The van der Waals surface area contributed by atoms with Gasteiger partial charge in [0.25, 0.3) is 11.6 Å². The van der Waals surface area contributed by atoms with Crippen molar-refractivity contribution in [2.45, 2.75) is 78.3 Å².